The molecule has 0 unspecified atom stereocenters. The number of hydrogen-bond donors (Lipinski definition) is 0. The summed E-state index contributed by atoms with van der Waals surface area (Å²) in [5.41, 5.74) is 2.39. The van der Waals surface area contributed by atoms with E-state index in [1.165, 1.54) is 37.7 Å². The van der Waals surface area contributed by atoms with Crippen molar-refractivity contribution >= 4 is 10.8 Å². The van der Waals surface area contributed by atoms with Crippen molar-refractivity contribution in [3.8, 4) is 11.1 Å². The summed E-state index contributed by atoms with van der Waals surface area (Å²) in [6, 6.07) is 14.2. The molecule has 0 heterocycles. The van der Waals surface area contributed by atoms with E-state index in [9.17, 15) is 13.2 Å². The average molecular weight is 340 g/mol. The molecule has 1 fully saturated rings. The van der Waals surface area contributed by atoms with E-state index in [-0.39, 0.29) is 0 Å². The summed E-state index contributed by atoms with van der Waals surface area (Å²) in [4.78, 5) is 0. The largest absolute Gasteiger partial charge is 0.204 e. The van der Waals surface area contributed by atoms with Crippen molar-refractivity contribution in [2.75, 3.05) is 0 Å². The molecular formula is C22H19F3. The Hall–Kier alpha value is -2.29. The van der Waals surface area contributed by atoms with Crippen molar-refractivity contribution in [1.29, 1.82) is 0 Å². The highest BCUT2D eigenvalue weighted by atomic mass is 19.2. The lowest BCUT2D eigenvalue weighted by atomic mass is 9.83. The van der Waals surface area contributed by atoms with E-state index in [2.05, 4.69) is 18.2 Å². The van der Waals surface area contributed by atoms with Crippen LogP contribution in [0.5, 0.6) is 0 Å². The van der Waals surface area contributed by atoms with Crippen molar-refractivity contribution < 1.29 is 13.2 Å². The molecule has 3 heteroatoms. The molecule has 4 rings (SSSR count). The molecule has 1 aliphatic rings. The molecule has 0 radical (unpaired) electrons. The van der Waals surface area contributed by atoms with Gasteiger partial charge in [0.1, 0.15) is 0 Å². The third-order valence-electron chi connectivity index (χ3n) is 5.26. The zero-order chi connectivity index (χ0) is 17.4. The fourth-order valence-corrected chi connectivity index (χ4v) is 3.86. The van der Waals surface area contributed by atoms with E-state index < -0.39 is 17.5 Å². The normalized spacial score (nSPS) is 15.6. The maximum Gasteiger partial charge on any atom is 0.194 e. The Morgan fingerprint density at radius 3 is 2.00 bits per heavy atom. The van der Waals surface area contributed by atoms with Crippen molar-refractivity contribution in [3.63, 3.8) is 0 Å². The third-order valence-corrected chi connectivity index (χ3v) is 5.26. The molecule has 0 aromatic heterocycles. The van der Waals surface area contributed by atoms with E-state index >= 15 is 0 Å². The van der Waals surface area contributed by atoms with Gasteiger partial charge in [-0.1, -0.05) is 49.6 Å². The van der Waals surface area contributed by atoms with Crippen LogP contribution in [0.4, 0.5) is 13.2 Å². The first-order chi connectivity index (χ1) is 12.1. The van der Waals surface area contributed by atoms with Crippen LogP contribution in [-0.2, 0) is 0 Å². The summed E-state index contributed by atoms with van der Waals surface area (Å²) < 4.78 is 40.1. The molecule has 1 saturated carbocycles. The summed E-state index contributed by atoms with van der Waals surface area (Å²) in [6.45, 7) is 0. The Morgan fingerprint density at radius 1 is 0.640 bits per heavy atom. The second kappa shape index (κ2) is 6.55. The number of fused-ring (bicyclic) bond motifs is 1. The predicted molar refractivity (Wildman–Crippen MR) is 95.1 cm³/mol. The minimum Gasteiger partial charge on any atom is -0.204 e. The fraction of sp³-hybridized carbons (Fsp3) is 0.273. The van der Waals surface area contributed by atoms with Crippen LogP contribution in [0, 0.1) is 17.5 Å². The van der Waals surface area contributed by atoms with Crippen LogP contribution < -0.4 is 0 Å². The van der Waals surface area contributed by atoms with E-state index in [0.29, 0.717) is 17.0 Å². The number of benzene rings is 3. The van der Waals surface area contributed by atoms with Gasteiger partial charge in [-0.25, -0.2) is 13.2 Å². The van der Waals surface area contributed by atoms with Crippen molar-refractivity contribution in [3.05, 3.63) is 71.5 Å². The Kier molecular flexibility index (Phi) is 4.24. The zero-order valence-electron chi connectivity index (χ0n) is 13.9. The van der Waals surface area contributed by atoms with Crippen molar-refractivity contribution in [2.45, 2.75) is 38.0 Å². The smallest absolute Gasteiger partial charge is 0.194 e. The standard InChI is InChI=1S/C22H19F3/c23-20-12-19(13-21(24)22(20)25)18-9-8-16-10-15(6-7-17(16)11-18)14-4-2-1-3-5-14/h6-14H,1-5H2. The Bertz CT molecular complexity index is 901. The first kappa shape index (κ1) is 16.2. The SMILES string of the molecule is Fc1cc(-c2ccc3cc(C4CCCCC4)ccc3c2)cc(F)c1F. The molecule has 25 heavy (non-hydrogen) atoms. The van der Waals surface area contributed by atoms with Gasteiger partial charge in [0.2, 0.25) is 0 Å². The lowest BCUT2D eigenvalue weighted by molar-refractivity contribution is 0.444. The third kappa shape index (κ3) is 3.15. The first-order valence-corrected chi connectivity index (χ1v) is 8.80. The molecule has 3 aromatic rings. The van der Waals surface area contributed by atoms with Crippen LogP contribution in [-0.4, -0.2) is 0 Å². The van der Waals surface area contributed by atoms with Crippen LogP contribution in [0.3, 0.4) is 0 Å². The number of halogens is 3. The monoisotopic (exact) mass is 340 g/mol. The molecule has 0 amide bonds. The lowest BCUT2D eigenvalue weighted by Crippen LogP contribution is -2.04. The minimum absolute atomic E-state index is 0.342. The molecular weight excluding hydrogens is 321 g/mol. The van der Waals surface area contributed by atoms with Gasteiger partial charge in [-0.3, -0.25) is 0 Å². The Labute approximate surface area is 145 Å². The maximum absolute atomic E-state index is 13.5. The fourth-order valence-electron chi connectivity index (χ4n) is 3.86. The van der Waals surface area contributed by atoms with Crippen LogP contribution in [0.2, 0.25) is 0 Å². The van der Waals surface area contributed by atoms with Gasteiger partial charge in [0, 0.05) is 0 Å². The highest BCUT2D eigenvalue weighted by Crippen LogP contribution is 2.35. The summed E-state index contributed by atoms with van der Waals surface area (Å²) in [5.74, 6) is -3.12. The molecule has 0 nitrogen and oxygen atoms in total. The maximum atomic E-state index is 13.5. The average Bonchev–Trinajstić information content (AvgIpc) is 2.65. The molecule has 0 N–H and O–H groups in total. The van der Waals surface area contributed by atoms with Gasteiger partial charge in [0.25, 0.3) is 0 Å². The molecule has 128 valence electrons. The van der Waals surface area contributed by atoms with Gasteiger partial charge in [0.05, 0.1) is 0 Å². The molecule has 0 bridgehead atoms. The number of hydrogen-bond acceptors (Lipinski definition) is 0. The molecule has 0 saturated heterocycles. The minimum atomic E-state index is -1.43. The highest BCUT2D eigenvalue weighted by Gasteiger charge is 2.16. The van der Waals surface area contributed by atoms with E-state index in [1.807, 2.05) is 18.2 Å². The Balaban J connectivity index is 1.71. The van der Waals surface area contributed by atoms with Gasteiger partial charge in [-0.05, 0) is 64.4 Å². The van der Waals surface area contributed by atoms with Gasteiger partial charge in [0.15, 0.2) is 17.5 Å². The molecule has 1 aliphatic carbocycles. The topological polar surface area (TPSA) is 0 Å². The first-order valence-electron chi connectivity index (χ1n) is 8.80. The summed E-state index contributed by atoms with van der Waals surface area (Å²) in [5, 5.41) is 2.14. The molecule has 0 atom stereocenters. The van der Waals surface area contributed by atoms with Gasteiger partial charge in [-0.2, -0.15) is 0 Å². The quantitative estimate of drug-likeness (QED) is 0.442. The Morgan fingerprint density at radius 2 is 1.28 bits per heavy atom. The van der Waals surface area contributed by atoms with Crippen LogP contribution in [0.25, 0.3) is 21.9 Å². The van der Waals surface area contributed by atoms with Crippen molar-refractivity contribution in [1.82, 2.24) is 0 Å². The zero-order valence-corrected chi connectivity index (χ0v) is 13.9. The van der Waals surface area contributed by atoms with Gasteiger partial charge >= 0.3 is 0 Å². The second-order valence-corrected chi connectivity index (χ2v) is 6.91. The summed E-state index contributed by atoms with van der Waals surface area (Å²) in [7, 11) is 0. The van der Waals surface area contributed by atoms with Gasteiger partial charge in [-0.15, -0.1) is 0 Å². The van der Waals surface area contributed by atoms with E-state index in [4.69, 9.17) is 0 Å². The van der Waals surface area contributed by atoms with Crippen LogP contribution in [0.15, 0.2) is 48.5 Å². The predicted octanol–water partition coefficient (Wildman–Crippen LogP) is 6.97. The number of rotatable bonds is 2. The van der Waals surface area contributed by atoms with Crippen molar-refractivity contribution in [2.24, 2.45) is 0 Å². The van der Waals surface area contributed by atoms with E-state index in [0.717, 1.165) is 22.9 Å². The summed E-state index contributed by atoms with van der Waals surface area (Å²) >= 11 is 0. The molecule has 0 aliphatic heterocycles. The summed E-state index contributed by atoms with van der Waals surface area (Å²) in [6.07, 6.45) is 6.42. The highest BCUT2D eigenvalue weighted by molar-refractivity contribution is 5.88. The van der Waals surface area contributed by atoms with Crippen LogP contribution >= 0.6 is 0 Å². The van der Waals surface area contributed by atoms with E-state index in [1.54, 1.807) is 0 Å². The molecule has 3 aromatic carbocycles. The van der Waals surface area contributed by atoms with Gasteiger partial charge < -0.3 is 0 Å². The second-order valence-electron chi connectivity index (χ2n) is 6.91. The molecule has 0 spiro atoms. The van der Waals surface area contributed by atoms with Crippen LogP contribution in [0.1, 0.15) is 43.6 Å². The lowest BCUT2D eigenvalue weighted by Gasteiger charge is -2.22.